The van der Waals surface area contributed by atoms with Crippen LogP contribution < -0.4 is 4.90 Å². The van der Waals surface area contributed by atoms with Crippen LogP contribution in [0.1, 0.15) is 37.8 Å². The highest BCUT2D eigenvalue weighted by molar-refractivity contribution is 5.57. The third-order valence-electron chi connectivity index (χ3n) is 5.91. The maximum Gasteiger partial charge on any atom is 0.161 e. The summed E-state index contributed by atoms with van der Waals surface area (Å²) >= 11 is 0. The maximum atomic E-state index is 9.89. The standard InChI is InChI=1S/C22H30N4O/c1-17-16-21(24-22(23-17)18-6-3-2-4-7-18)26-13-9-19(10-14-26)25-12-5-8-20(27)11-15-25/h2-4,6-7,16,19-20,27H,5,8-15H2,1H3. The monoisotopic (exact) mass is 366 g/mol. The molecule has 0 saturated carbocycles. The summed E-state index contributed by atoms with van der Waals surface area (Å²) in [5.74, 6) is 1.86. The minimum atomic E-state index is -0.101. The Labute approximate surface area is 162 Å². The summed E-state index contributed by atoms with van der Waals surface area (Å²) in [4.78, 5) is 14.5. The highest BCUT2D eigenvalue weighted by Crippen LogP contribution is 2.25. The zero-order chi connectivity index (χ0) is 18.6. The number of nitrogens with zero attached hydrogens (tertiary/aromatic N) is 4. The van der Waals surface area contributed by atoms with Gasteiger partial charge in [0.25, 0.3) is 0 Å². The van der Waals surface area contributed by atoms with E-state index in [1.54, 1.807) is 0 Å². The second-order valence-electron chi connectivity index (χ2n) is 7.90. The second-order valence-corrected chi connectivity index (χ2v) is 7.90. The molecule has 1 atom stereocenters. The average Bonchev–Trinajstić information content (AvgIpc) is 2.93. The first-order chi connectivity index (χ1) is 13.2. The Hall–Kier alpha value is -1.98. The second kappa shape index (κ2) is 8.36. The fourth-order valence-electron chi connectivity index (χ4n) is 4.36. The van der Waals surface area contributed by atoms with Crippen LogP contribution in [0.2, 0.25) is 0 Å². The van der Waals surface area contributed by atoms with Gasteiger partial charge in [-0.05, 0) is 45.6 Å². The van der Waals surface area contributed by atoms with Gasteiger partial charge < -0.3 is 14.9 Å². The largest absolute Gasteiger partial charge is 0.393 e. The molecule has 1 unspecified atom stereocenters. The number of benzene rings is 1. The van der Waals surface area contributed by atoms with E-state index in [0.717, 1.165) is 68.3 Å². The molecule has 0 radical (unpaired) electrons. The first kappa shape index (κ1) is 18.4. The van der Waals surface area contributed by atoms with Crippen molar-refractivity contribution in [1.29, 1.82) is 0 Å². The Bertz CT molecular complexity index is 743. The van der Waals surface area contributed by atoms with Crippen molar-refractivity contribution >= 4 is 5.82 Å². The summed E-state index contributed by atoms with van der Waals surface area (Å²) in [6, 6.07) is 13.0. The maximum absolute atomic E-state index is 9.89. The van der Waals surface area contributed by atoms with Gasteiger partial charge in [-0.25, -0.2) is 9.97 Å². The van der Waals surface area contributed by atoms with Crippen LogP contribution in [0.15, 0.2) is 36.4 Å². The lowest BCUT2D eigenvalue weighted by atomic mass is 10.0. The number of aryl methyl sites for hydroxylation is 1. The fourth-order valence-corrected chi connectivity index (χ4v) is 4.36. The summed E-state index contributed by atoms with van der Waals surface area (Å²) in [5.41, 5.74) is 2.09. The molecule has 3 heterocycles. The molecule has 2 aromatic rings. The third-order valence-corrected chi connectivity index (χ3v) is 5.91. The predicted octanol–water partition coefficient (Wildman–Crippen LogP) is 3.27. The van der Waals surface area contributed by atoms with Gasteiger partial charge in [0.2, 0.25) is 0 Å². The number of hydrogen-bond donors (Lipinski definition) is 1. The lowest BCUT2D eigenvalue weighted by Crippen LogP contribution is -2.45. The SMILES string of the molecule is Cc1cc(N2CCC(N3CCCC(O)CC3)CC2)nc(-c2ccccc2)n1. The summed E-state index contributed by atoms with van der Waals surface area (Å²) < 4.78 is 0. The van der Waals surface area contributed by atoms with Gasteiger partial charge in [-0.2, -0.15) is 0 Å². The Morgan fingerprint density at radius 1 is 0.926 bits per heavy atom. The molecule has 5 nitrogen and oxygen atoms in total. The van der Waals surface area contributed by atoms with Crippen molar-refractivity contribution < 1.29 is 5.11 Å². The van der Waals surface area contributed by atoms with Gasteiger partial charge in [0.15, 0.2) is 5.82 Å². The van der Waals surface area contributed by atoms with Gasteiger partial charge in [0.1, 0.15) is 5.82 Å². The molecule has 2 aliphatic rings. The zero-order valence-electron chi connectivity index (χ0n) is 16.2. The molecule has 2 fully saturated rings. The summed E-state index contributed by atoms with van der Waals surface area (Å²) in [6.07, 6.45) is 5.23. The van der Waals surface area contributed by atoms with Crippen LogP contribution in [0.3, 0.4) is 0 Å². The lowest BCUT2D eigenvalue weighted by Gasteiger charge is -2.38. The van der Waals surface area contributed by atoms with Gasteiger partial charge in [-0.3, -0.25) is 0 Å². The molecule has 144 valence electrons. The van der Waals surface area contributed by atoms with E-state index in [4.69, 9.17) is 4.98 Å². The van der Waals surface area contributed by atoms with Crippen molar-refractivity contribution in [2.75, 3.05) is 31.1 Å². The molecule has 1 N–H and O–H groups in total. The van der Waals surface area contributed by atoms with Crippen molar-refractivity contribution in [1.82, 2.24) is 14.9 Å². The minimum absolute atomic E-state index is 0.101. The fraction of sp³-hybridized carbons (Fsp3) is 0.545. The summed E-state index contributed by atoms with van der Waals surface area (Å²) in [5, 5.41) is 9.89. The highest BCUT2D eigenvalue weighted by atomic mass is 16.3. The van der Waals surface area contributed by atoms with E-state index in [2.05, 4.69) is 33.0 Å². The molecule has 2 aliphatic heterocycles. The first-order valence-electron chi connectivity index (χ1n) is 10.3. The number of rotatable bonds is 3. The molecule has 0 bridgehead atoms. The van der Waals surface area contributed by atoms with E-state index >= 15 is 0 Å². The zero-order valence-corrected chi connectivity index (χ0v) is 16.2. The van der Waals surface area contributed by atoms with E-state index < -0.39 is 0 Å². The molecule has 2 saturated heterocycles. The van der Waals surface area contributed by atoms with Gasteiger partial charge in [-0.1, -0.05) is 30.3 Å². The molecule has 0 amide bonds. The van der Waals surface area contributed by atoms with Gasteiger partial charge in [0.05, 0.1) is 6.10 Å². The van der Waals surface area contributed by atoms with Crippen LogP contribution in [0, 0.1) is 6.92 Å². The van der Waals surface area contributed by atoms with Crippen LogP contribution in [-0.4, -0.2) is 58.3 Å². The van der Waals surface area contributed by atoms with E-state index in [1.165, 1.54) is 12.8 Å². The molecule has 4 rings (SSSR count). The van der Waals surface area contributed by atoms with E-state index in [-0.39, 0.29) is 6.10 Å². The van der Waals surface area contributed by atoms with Crippen molar-refractivity contribution in [3.05, 3.63) is 42.1 Å². The van der Waals surface area contributed by atoms with Crippen LogP contribution in [-0.2, 0) is 0 Å². The molecular formula is C22H30N4O. The number of hydrogen-bond acceptors (Lipinski definition) is 5. The Kier molecular flexibility index (Phi) is 5.69. The van der Waals surface area contributed by atoms with E-state index in [1.807, 2.05) is 25.1 Å². The smallest absolute Gasteiger partial charge is 0.161 e. The molecule has 0 aliphatic carbocycles. The molecular weight excluding hydrogens is 336 g/mol. The number of anilines is 1. The lowest BCUT2D eigenvalue weighted by molar-refractivity contribution is 0.140. The molecule has 0 spiro atoms. The minimum Gasteiger partial charge on any atom is -0.393 e. The van der Waals surface area contributed by atoms with Crippen molar-refractivity contribution in [2.45, 2.75) is 51.2 Å². The Morgan fingerprint density at radius 3 is 2.48 bits per heavy atom. The van der Waals surface area contributed by atoms with Crippen molar-refractivity contribution in [3.8, 4) is 11.4 Å². The van der Waals surface area contributed by atoms with E-state index in [0.29, 0.717) is 6.04 Å². The van der Waals surface area contributed by atoms with E-state index in [9.17, 15) is 5.11 Å². The predicted molar refractivity (Wildman–Crippen MR) is 109 cm³/mol. The third kappa shape index (κ3) is 4.47. The number of aliphatic hydroxyl groups excluding tert-OH is 1. The molecule has 27 heavy (non-hydrogen) atoms. The van der Waals surface area contributed by atoms with Gasteiger partial charge in [0, 0.05) is 43.0 Å². The van der Waals surface area contributed by atoms with Crippen molar-refractivity contribution in [3.63, 3.8) is 0 Å². The molecule has 5 heteroatoms. The van der Waals surface area contributed by atoms with Gasteiger partial charge >= 0.3 is 0 Å². The first-order valence-corrected chi connectivity index (χ1v) is 10.3. The van der Waals surface area contributed by atoms with Crippen molar-refractivity contribution in [2.24, 2.45) is 0 Å². The molecule has 1 aromatic carbocycles. The summed E-state index contributed by atoms with van der Waals surface area (Å²) in [7, 11) is 0. The van der Waals surface area contributed by atoms with Crippen LogP contribution in [0.5, 0.6) is 0 Å². The highest BCUT2D eigenvalue weighted by Gasteiger charge is 2.27. The number of piperidine rings is 1. The number of aliphatic hydroxyl groups is 1. The molecule has 1 aromatic heterocycles. The quantitative estimate of drug-likeness (QED) is 0.904. The normalized spacial score (nSPS) is 22.6. The number of likely N-dealkylation sites (tertiary alicyclic amines) is 1. The Balaban J connectivity index is 1.43. The average molecular weight is 367 g/mol. The topological polar surface area (TPSA) is 52.5 Å². The summed E-state index contributed by atoms with van der Waals surface area (Å²) in [6.45, 7) is 6.29. The Morgan fingerprint density at radius 2 is 1.70 bits per heavy atom. The number of aromatic nitrogens is 2. The van der Waals surface area contributed by atoms with Crippen LogP contribution in [0.25, 0.3) is 11.4 Å². The van der Waals surface area contributed by atoms with Gasteiger partial charge in [-0.15, -0.1) is 0 Å². The van der Waals surface area contributed by atoms with Crippen LogP contribution >= 0.6 is 0 Å². The van der Waals surface area contributed by atoms with Crippen LogP contribution in [0.4, 0.5) is 5.82 Å².